The molecule has 0 unspecified atom stereocenters. The molecular weight excluding hydrogens is 196 g/mol. The van der Waals surface area contributed by atoms with Crippen molar-refractivity contribution in [2.24, 2.45) is 0 Å². The maximum Gasteiger partial charge on any atom is 0.345 e. The Labute approximate surface area is 76.4 Å². The molecule has 1 N–H and O–H groups in total. The first kappa shape index (κ1) is 7.82. The number of aromatic carboxylic acids is 1. The monoisotopic (exact) mass is 200 g/mol. The van der Waals surface area contributed by atoms with Crippen molar-refractivity contribution in [3.8, 4) is 0 Å². The van der Waals surface area contributed by atoms with Crippen LogP contribution in [0.1, 0.15) is 19.3 Å². The maximum atomic E-state index is 11.1. The number of carboxylic acids is 1. The van der Waals surface area contributed by atoms with E-state index in [1.165, 1.54) is 11.8 Å². The summed E-state index contributed by atoms with van der Waals surface area (Å²) in [6, 6.07) is 1.57. The average Bonchev–Trinajstić information content (AvgIpc) is 2.53. The van der Waals surface area contributed by atoms with E-state index in [0.29, 0.717) is 10.6 Å². The SMILES string of the molecule is O=C(O)c1cc2c(s1)C(=O)CS2. The average molecular weight is 200 g/mol. The predicted octanol–water partition coefficient (Wildman–Crippen LogP) is 1.73. The van der Waals surface area contributed by atoms with Gasteiger partial charge in [0.1, 0.15) is 4.88 Å². The topological polar surface area (TPSA) is 54.4 Å². The molecule has 0 aromatic carbocycles. The quantitative estimate of drug-likeness (QED) is 0.750. The number of carbonyl (C=O) groups is 2. The zero-order chi connectivity index (χ0) is 8.72. The fourth-order valence-electron chi connectivity index (χ4n) is 0.990. The van der Waals surface area contributed by atoms with Gasteiger partial charge in [0, 0.05) is 4.90 Å². The zero-order valence-corrected chi connectivity index (χ0v) is 7.50. The van der Waals surface area contributed by atoms with Crippen LogP contribution in [0, 0.1) is 0 Å². The fourth-order valence-corrected chi connectivity index (χ4v) is 3.16. The first-order chi connectivity index (χ1) is 5.68. The van der Waals surface area contributed by atoms with Crippen LogP contribution in [0.4, 0.5) is 0 Å². The van der Waals surface area contributed by atoms with Crippen molar-refractivity contribution < 1.29 is 14.7 Å². The van der Waals surface area contributed by atoms with Crippen molar-refractivity contribution in [2.45, 2.75) is 4.90 Å². The summed E-state index contributed by atoms with van der Waals surface area (Å²) in [6.07, 6.45) is 0. The normalized spacial score (nSPS) is 14.8. The van der Waals surface area contributed by atoms with Crippen molar-refractivity contribution in [1.82, 2.24) is 0 Å². The van der Waals surface area contributed by atoms with Gasteiger partial charge in [-0.2, -0.15) is 0 Å². The van der Waals surface area contributed by atoms with Crippen molar-refractivity contribution in [3.63, 3.8) is 0 Å². The number of hydrogen-bond acceptors (Lipinski definition) is 4. The number of hydrogen-bond donors (Lipinski definition) is 1. The van der Waals surface area contributed by atoms with Crippen LogP contribution in [0.2, 0.25) is 0 Å². The van der Waals surface area contributed by atoms with E-state index >= 15 is 0 Å². The number of fused-ring (bicyclic) bond motifs is 1. The van der Waals surface area contributed by atoms with Crippen molar-refractivity contribution in [2.75, 3.05) is 5.75 Å². The Kier molecular flexibility index (Phi) is 1.69. The molecule has 5 heteroatoms. The summed E-state index contributed by atoms with van der Waals surface area (Å²) >= 11 is 2.48. The number of Topliss-reactive ketones (excluding diaryl/α,β-unsaturated/α-hetero) is 1. The van der Waals surface area contributed by atoms with Gasteiger partial charge in [-0.1, -0.05) is 0 Å². The fraction of sp³-hybridized carbons (Fsp3) is 0.143. The smallest absolute Gasteiger partial charge is 0.345 e. The van der Waals surface area contributed by atoms with Gasteiger partial charge in [-0.3, -0.25) is 4.79 Å². The van der Waals surface area contributed by atoms with Crippen molar-refractivity contribution in [1.29, 1.82) is 0 Å². The maximum absolute atomic E-state index is 11.1. The summed E-state index contributed by atoms with van der Waals surface area (Å²) in [4.78, 5) is 23.3. The van der Waals surface area contributed by atoms with Gasteiger partial charge in [0.2, 0.25) is 0 Å². The number of carboxylic acid groups (broad SMARTS) is 1. The zero-order valence-electron chi connectivity index (χ0n) is 5.86. The Morgan fingerprint density at radius 3 is 2.92 bits per heavy atom. The van der Waals surface area contributed by atoms with Gasteiger partial charge in [0.15, 0.2) is 5.78 Å². The number of rotatable bonds is 1. The molecule has 0 saturated carbocycles. The van der Waals surface area contributed by atoms with Crippen LogP contribution < -0.4 is 0 Å². The minimum atomic E-state index is -0.956. The highest BCUT2D eigenvalue weighted by Crippen LogP contribution is 2.37. The Hall–Kier alpha value is -0.810. The second-order valence-electron chi connectivity index (χ2n) is 2.32. The first-order valence-electron chi connectivity index (χ1n) is 3.21. The van der Waals surface area contributed by atoms with Crippen LogP contribution in [-0.2, 0) is 0 Å². The van der Waals surface area contributed by atoms with Crippen molar-refractivity contribution in [3.05, 3.63) is 15.8 Å². The van der Waals surface area contributed by atoms with E-state index < -0.39 is 5.97 Å². The lowest BCUT2D eigenvalue weighted by molar-refractivity contribution is 0.0702. The third-order valence-corrected chi connectivity index (χ3v) is 3.85. The van der Waals surface area contributed by atoms with E-state index in [1.54, 1.807) is 6.07 Å². The van der Waals surface area contributed by atoms with Gasteiger partial charge >= 0.3 is 5.97 Å². The predicted molar refractivity (Wildman–Crippen MR) is 46.3 cm³/mol. The Bertz CT molecular complexity index is 367. The van der Waals surface area contributed by atoms with Gasteiger partial charge in [-0.15, -0.1) is 23.1 Å². The van der Waals surface area contributed by atoms with E-state index in [0.717, 1.165) is 16.2 Å². The molecule has 0 fully saturated rings. The first-order valence-corrected chi connectivity index (χ1v) is 5.02. The summed E-state index contributed by atoms with van der Waals surface area (Å²) in [5.74, 6) is -0.448. The number of thiophene rings is 1. The van der Waals surface area contributed by atoms with E-state index in [-0.39, 0.29) is 10.7 Å². The van der Waals surface area contributed by atoms with Crippen LogP contribution in [0.15, 0.2) is 11.0 Å². The van der Waals surface area contributed by atoms with Crippen LogP contribution in [0.3, 0.4) is 0 Å². The summed E-state index contributed by atoms with van der Waals surface area (Å²) in [6.45, 7) is 0. The highest BCUT2D eigenvalue weighted by molar-refractivity contribution is 8.00. The summed E-state index contributed by atoms with van der Waals surface area (Å²) in [7, 11) is 0. The second-order valence-corrected chi connectivity index (χ2v) is 4.39. The molecule has 0 atom stereocenters. The Morgan fingerprint density at radius 1 is 1.58 bits per heavy atom. The molecule has 3 nitrogen and oxygen atoms in total. The Morgan fingerprint density at radius 2 is 2.33 bits per heavy atom. The molecule has 1 aliphatic rings. The van der Waals surface area contributed by atoms with E-state index in [9.17, 15) is 9.59 Å². The van der Waals surface area contributed by atoms with Crippen LogP contribution in [-0.4, -0.2) is 22.6 Å². The van der Waals surface area contributed by atoms with Gasteiger partial charge in [0.05, 0.1) is 10.6 Å². The molecule has 1 aromatic rings. The molecule has 2 rings (SSSR count). The largest absolute Gasteiger partial charge is 0.477 e. The minimum absolute atomic E-state index is 0.0486. The summed E-state index contributed by atoms with van der Waals surface area (Å²) in [5.41, 5.74) is 0. The lowest BCUT2D eigenvalue weighted by atomic mass is 10.3. The van der Waals surface area contributed by atoms with Gasteiger partial charge in [0.25, 0.3) is 0 Å². The minimum Gasteiger partial charge on any atom is -0.477 e. The third kappa shape index (κ3) is 1.05. The molecule has 62 valence electrons. The third-order valence-electron chi connectivity index (χ3n) is 1.52. The van der Waals surface area contributed by atoms with Crippen molar-refractivity contribution >= 4 is 34.9 Å². The molecule has 0 saturated heterocycles. The number of ketones is 1. The standard InChI is InChI=1S/C7H4O3S2/c8-3-2-11-4-1-5(7(9)10)12-6(3)4/h1H,2H2,(H,9,10). The molecule has 12 heavy (non-hydrogen) atoms. The number of thioether (sulfide) groups is 1. The molecule has 1 aliphatic heterocycles. The molecule has 0 amide bonds. The summed E-state index contributed by atoms with van der Waals surface area (Å²) < 4.78 is 0. The lowest BCUT2D eigenvalue weighted by Gasteiger charge is -1.84. The molecular formula is C7H4O3S2. The molecule has 2 heterocycles. The van der Waals surface area contributed by atoms with Gasteiger partial charge < -0.3 is 5.11 Å². The van der Waals surface area contributed by atoms with Crippen LogP contribution in [0.25, 0.3) is 0 Å². The molecule has 0 radical (unpaired) electrons. The molecule has 1 aromatic heterocycles. The van der Waals surface area contributed by atoms with Gasteiger partial charge in [-0.05, 0) is 6.07 Å². The van der Waals surface area contributed by atoms with E-state index in [2.05, 4.69) is 0 Å². The molecule has 0 bridgehead atoms. The molecule has 0 aliphatic carbocycles. The number of carbonyl (C=O) groups excluding carboxylic acids is 1. The highest BCUT2D eigenvalue weighted by Gasteiger charge is 2.25. The Balaban J connectivity index is 2.49. The summed E-state index contributed by atoms with van der Waals surface area (Å²) in [5, 5.41) is 8.62. The van der Waals surface area contributed by atoms with Crippen LogP contribution in [0.5, 0.6) is 0 Å². The van der Waals surface area contributed by atoms with Crippen LogP contribution >= 0.6 is 23.1 Å². The van der Waals surface area contributed by atoms with E-state index in [1.807, 2.05) is 0 Å². The molecule has 0 spiro atoms. The lowest BCUT2D eigenvalue weighted by Crippen LogP contribution is -1.93. The van der Waals surface area contributed by atoms with E-state index in [4.69, 9.17) is 5.11 Å². The second kappa shape index (κ2) is 2.60. The van der Waals surface area contributed by atoms with Gasteiger partial charge in [-0.25, -0.2) is 4.79 Å². The highest BCUT2D eigenvalue weighted by atomic mass is 32.2.